The van der Waals surface area contributed by atoms with Crippen LogP contribution < -0.4 is 60.2 Å². The van der Waals surface area contributed by atoms with E-state index in [1.54, 1.807) is 48.5 Å². The summed E-state index contributed by atoms with van der Waals surface area (Å²) in [5.41, 5.74) is 25.7. The molecule has 0 spiro atoms. The van der Waals surface area contributed by atoms with Crippen molar-refractivity contribution in [3.8, 4) is 5.75 Å². The number of carbonyl (C=O) groups is 9. The Hall–Kier alpha value is -6.93. The topological polar surface area (TPSA) is 382 Å². The monoisotopic (exact) mass is 1170 g/mol. The van der Waals surface area contributed by atoms with Gasteiger partial charge in [0, 0.05) is 46.4 Å². The molecule has 1 saturated heterocycles. The number of rotatable bonds is 19. The number of benzene rings is 4. The van der Waals surface area contributed by atoms with Crippen LogP contribution in [0.5, 0.6) is 5.75 Å². The van der Waals surface area contributed by atoms with E-state index in [0.29, 0.717) is 38.7 Å². The van der Waals surface area contributed by atoms with Gasteiger partial charge in [0.2, 0.25) is 53.2 Å². The van der Waals surface area contributed by atoms with Crippen molar-refractivity contribution in [3.63, 3.8) is 0 Å². The van der Waals surface area contributed by atoms with Gasteiger partial charge in [-0.05, 0) is 110 Å². The van der Waals surface area contributed by atoms with E-state index in [0.717, 1.165) is 21.6 Å². The first-order valence-electron chi connectivity index (χ1n) is 25.1. The largest absolute Gasteiger partial charge is 0.508 e. The van der Waals surface area contributed by atoms with Crippen LogP contribution in [0, 0.1) is 0 Å². The van der Waals surface area contributed by atoms with Crippen molar-refractivity contribution in [2.24, 2.45) is 22.9 Å². The highest BCUT2D eigenvalue weighted by Crippen LogP contribution is 2.24. The molecule has 0 saturated carbocycles. The number of primary amides is 2. The number of hydrogen-bond donors (Lipinski definition) is 13. The predicted octanol–water partition coefficient (Wildman–Crippen LogP) is 0.180. The smallest absolute Gasteiger partial charge is 0.248 e. The van der Waals surface area contributed by atoms with Crippen LogP contribution >= 0.6 is 44.8 Å². The average molecular weight is 1170 g/mol. The van der Waals surface area contributed by atoms with E-state index < -0.39 is 108 Å². The third-order valence-corrected chi connectivity index (χ3v) is 15.4. The van der Waals surface area contributed by atoms with Crippen LogP contribution in [0.15, 0.2) is 97.1 Å². The van der Waals surface area contributed by atoms with Crippen LogP contribution in [-0.4, -0.2) is 136 Å². The minimum atomic E-state index is -1.75. The van der Waals surface area contributed by atoms with Crippen LogP contribution in [-0.2, 0) is 64.0 Å². The minimum Gasteiger partial charge on any atom is -0.508 e. The summed E-state index contributed by atoms with van der Waals surface area (Å²) in [6.45, 7) is 1.43. The van der Waals surface area contributed by atoms with Gasteiger partial charge in [0.05, 0.1) is 12.1 Å². The molecule has 1 fully saturated rings. The SMILES string of the molecule is C[C@@H](O)[C@@H]1NC(=O)[C@H](CCCCN)NC(=O)[C@@H](Cc2ccc(C(N)=O)cc2)NC(=O)[C@H](Cc2ccc(Cl)cc2)NC(=O)[C@H](NC(=O)[C@@H](N)Cc2ccc(Cl)cc2)CSSC[C@@H](C(=O)N[C@H](Cc2ccc(O)cc2)C(N)=O)NC1=O. The summed E-state index contributed by atoms with van der Waals surface area (Å²) < 4.78 is 0. The van der Waals surface area contributed by atoms with Crippen molar-refractivity contribution < 1.29 is 53.4 Å². The number of halogens is 2. The van der Waals surface area contributed by atoms with Gasteiger partial charge in [-0.15, -0.1) is 0 Å². The average Bonchev–Trinajstić information content (AvgIpc) is 3.41. The maximum absolute atomic E-state index is 14.7. The molecule has 79 heavy (non-hydrogen) atoms. The molecule has 17 N–H and O–H groups in total. The summed E-state index contributed by atoms with van der Waals surface area (Å²) in [4.78, 5) is 125. The third kappa shape index (κ3) is 20.4. The zero-order valence-corrected chi connectivity index (χ0v) is 46.1. The molecule has 0 bridgehead atoms. The Labute approximate surface area is 474 Å². The fourth-order valence-corrected chi connectivity index (χ4v) is 10.6. The maximum atomic E-state index is 14.7. The number of phenols is 1. The van der Waals surface area contributed by atoms with Crippen molar-refractivity contribution in [1.29, 1.82) is 0 Å². The van der Waals surface area contributed by atoms with Crippen molar-refractivity contribution in [3.05, 3.63) is 135 Å². The van der Waals surface area contributed by atoms with Crippen molar-refractivity contribution in [2.45, 2.75) is 106 Å². The van der Waals surface area contributed by atoms with Crippen LogP contribution in [0.3, 0.4) is 0 Å². The Morgan fingerprint density at radius 3 is 1.68 bits per heavy atom. The summed E-state index contributed by atoms with van der Waals surface area (Å²) >= 11 is 12.3. The van der Waals surface area contributed by atoms with Crippen LogP contribution in [0.1, 0.15) is 58.8 Å². The van der Waals surface area contributed by atoms with Gasteiger partial charge in [-0.1, -0.05) is 93.3 Å². The summed E-state index contributed by atoms with van der Waals surface area (Å²) in [6, 6.07) is 13.0. The number of aliphatic hydroxyl groups excluding tert-OH is 1. The molecule has 9 atom stereocenters. The molecule has 424 valence electrons. The molecule has 5 rings (SSSR count). The highest BCUT2D eigenvalue weighted by molar-refractivity contribution is 8.76. The molecule has 9 amide bonds. The zero-order valence-electron chi connectivity index (χ0n) is 43.0. The van der Waals surface area contributed by atoms with Gasteiger partial charge in [0.15, 0.2) is 0 Å². The van der Waals surface area contributed by atoms with E-state index in [1.807, 2.05) is 0 Å². The maximum Gasteiger partial charge on any atom is 0.248 e. The Balaban J connectivity index is 1.57. The fourth-order valence-electron chi connectivity index (χ4n) is 8.02. The normalized spacial score (nSPS) is 21.1. The van der Waals surface area contributed by atoms with Crippen LogP contribution in [0.2, 0.25) is 10.0 Å². The Bertz CT molecular complexity index is 2770. The standard InChI is InChI=1S/C53H65Cl2N11O11S2/c1-28(67)44-53(77)65-43(51(75)61-39(46(59)70)23-32-11-19-36(68)20-12-32)27-79-78-26-42(64-47(71)37(57)22-29-7-15-34(54)16-8-29)52(76)63-41(25-31-9-17-35(55)18-10-31)50(74)62-40(24-30-5-13-33(14-6-30)45(58)69)49(73)60-38(48(72)66-44)4-2-3-21-56/h5-20,28,37-44,67-68H,2-4,21-27,56-57H2,1H3,(H2,58,69)(H2,59,70)(H,60,73)(H,61,75)(H,62,74)(H,63,76)(H,64,71)(H,65,77)(H,66,72)/t28-,37+,38+,39-,40-,41+,42-,43+,44+/m1/s1. The molecule has 26 heteroatoms. The van der Waals surface area contributed by atoms with Gasteiger partial charge in [0.1, 0.15) is 48.0 Å². The van der Waals surface area contributed by atoms with Crippen LogP contribution in [0.4, 0.5) is 0 Å². The molecule has 22 nitrogen and oxygen atoms in total. The number of aliphatic hydroxyl groups is 1. The van der Waals surface area contributed by atoms with E-state index in [4.69, 9.17) is 46.1 Å². The summed E-state index contributed by atoms with van der Waals surface area (Å²) in [7, 11) is 1.92. The summed E-state index contributed by atoms with van der Waals surface area (Å²) in [5.74, 6) is -8.55. The number of nitrogens with one attached hydrogen (secondary N) is 7. The van der Waals surface area contributed by atoms with Crippen molar-refractivity contribution in [1.82, 2.24) is 37.2 Å². The third-order valence-electron chi connectivity index (χ3n) is 12.5. The number of unbranched alkanes of at least 4 members (excludes halogenated alkanes) is 1. The van der Waals surface area contributed by atoms with E-state index in [-0.39, 0.29) is 67.9 Å². The quantitative estimate of drug-likeness (QED) is 0.0440. The van der Waals surface area contributed by atoms with E-state index in [2.05, 4.69) is 37.2 Å². The van der Waals surface area contributed by atoms with Crippen LogP contribution in [0.25, 0.3) is 0 Å². The number of phenolic OH excluding ortho intramolecular Hbond substituents is 1. The lowest BCUT2D eigenvalue weighted by Crippen LogP contribution is -2.62. The predicted molar refractivity (Wildman–Crippen MR) is 301 cm³/mol. The Morgan fingerprint density at radius 1 is 0.646 bits per heavy atom. The van der Waals surface area contributed by atoms with Gasteiger partial charge in [-0.2, -0.15) is 0 Å². The number of hydrogen-bond acceptors (Lipinski definition) is 15. The van der Waals surface area contributed by atoms with E-state index in [1.165, 1.54) is 55.5 Å². The molecule has 1 aliphatic rings. The lowest BCUT2D eigenvalue weighted by molar-refractivity contribution is -0.136. The molecule has 0 unspecified atom stereocenters. The highest BCUT2D eigenvalue weighted by atomic mass is 35.5. The number of carbonyl (C=O) groups excluding carboxylic acids is 9. The molecule has 4 aromatic carbocycles. The molecule has 0 aliphatic carbocycles. The molecule has 0 aromatic heterocycles. The lowest BCUT2D eigenvalue weighted by Gasteiger charge is -2.29. The summed E-state index contributed by atoms with van der Waals surface area (Å²) in [6.07, 6.45) is -1.46. The Morgan fingerprint density at radius 2 is 1.14 bits per heavy atom. The minimum absolute atomic E-state index is 0.0346. The molecule has 1 heterocycles. The van der Waals surface area contributed by atoms with Gasteiger partial charge < -0.3 is 70.4 Å². The zero-order chi connectivity index (χ0) is 57.8. The molecular formula is C53H65Cl2N11O11S2. The van der Waals surface area contributed by atoms with Gasteiger partial charge in [-0.3, -0.25) is 43.2 Å². The van der Waals surface area contributed by atoms with Gasteiger partial charge >= 0.3 is 0 Å². The number of aromatic hydroxyl groups is 1. The number of amides is 9. The first-order chi connectivity index (χ1) is 37.6. The summed E-state index contributed by atoms with van der Waals surface area (Å²) in [5, 5.41) is 40.1. The second-order valence-electron chi connectivity index (χ2n) is 18.8. The lowest BCUT2D eigenvalue weighted by atomic mass is 10.00. The van der Waals surface area contributed by atoms with Crippen molar-refractivity contribution >= 4 is 98.0 Å². The number of nitrogens with two attached hydrogens (primary N) is 4. The molecule has 4 aromatic rings. The Kier molecular flexibility index (Phi) is 24.7. The van der Waals surface area contributed by atoms with E-state index >= 15 is 0 Å². The van der Waals surface area contributed by atoms with Gasteiger partial charge in [-0.25, -0.2) is 0 Å². The second-order valence-corrected chi connectivity index (χ2v) is 22.2. The fraction of sp³-hybridized carbons (Fsp3) is 0.377. The first-order valence-corrected chi connectivity index (χ1v) is 28.3. The molecule has 0 radical (unpaired) electrons. The van der Waals surface area contributed by atoms with Gasteiger partial charge in [0.25, 0.3) is 0 Å². The molecule has 1 aliphatic heterocycles. The second kappa shape index (κ2) is 31.0. The molecular weight excluding hydrogens is 1100 g/mol. The van der Waals surface area contributed by atoms with E-state index in [9.17, 15) is 53.4 Å². The first kappa shape index (κ1) is 62.9. The van der Waals surface area contributed by atoms with Crippen molar-refractivity contribution in [2.75, 3.05) is 18.1 Å². The highest BCUT2D eigenvalue weighted by Gasteiger charge is 2.36.